The maximum absolute atomic E-state index is 10.9. The average molecular weight is 226 g/mol. The zero-order valence-corrected chi connectivity index (χ0v) is 10.1. The van der Waals surface area contributed by atoms with Gasteiger partial charge in [-0.1, -0.05) is 31.5 Å². The second-order valence-corrected chi connectivity index (χ2v) is 4.48. The number of anilines is 1. The molecule has 0 aliphatic carbocycles. The number of carbonyl (C=O) groups is 1. The standard InChI is InChI=1S/C12H16ClNO/c1-9(2)7-14(3)12-10(8-15)5-4-6-11(12)13/h4-6,8-9H,7H2,1-3H3. The Morgan fingerprint density at radius 3 is 2.67 bits per heavy atom. The van der Waals surface area contributed by atoms with Crippen molar-refractivity contribution in [3.05, 3.63) is 28.8 Å². The number of rotatable bonds is 4. The summed E-state index contributed by atoms with van der Waals surface area (Å²) in [5, 5.41) is 0.628. The Hall–Kier alpha value is -1.02. The van der Waals surface area contributed by atoms with Crippen LogP contribution in [0, 0.1) is 5.92 Å². The van der Waals surface area contributed by atoms with Crippen molar-refractivity contribution in [2.45, 2.75) is 13.8 Å². The van der Waals surface area contributed by atoms with Crippen LogP contribution in [0.4, 0.5) is 5.69 Å². The molecule has 0 N–H and O–H groups in total. The maximum atomic E-state index is 10.9. The molecule has 1 rings (SSSR count). The summed E-state index contributed by atoms with van der Waals surface area (Å²) in [5.74, 6) is 0.533. The molecule has 0 aliphatic rings. The molecule has 0 spiro atoms. The molecule has 0 saturated carbocycles. The summed E-state index contributed by atoms with van der Waals surface area (Å²) in [6.07, 6.45) is 0.845. The third-order valence-corrected chi connectivity index (χ3v) is 2.47. The van der Waals surface area contributed by atoms with Crippen molar-refractivity contribution in [3.63, 3.8) is 0 Å². The number of benzene rings is 1. The minimum absolute atomic E-state index is 0.533. The van der Waals surface area contributed by atoms with E-state index in [4.69, 9.17) is 11.6 Å². The van der Waals surface area contributed by atoms with Gasteiger partial charge >= 0.3 is 0 Å². The van der Waals surface area contributed by atoms with Crippen LogP contribution in [-0.4, -0.2) is 19.9 Å². The van der Waals surface area contributed by atoms with Gasteiger partial charge in [-0.2, -0.15) is 0 Å². The van der Waals surface area contributed by atoms with E-state index in [1.807, 2.05) is 11.9 Å². The monoisotopic (exact) mass is 225 g/mol. The van der Waals surface area contributed by atoms with Gasteiger partial charge < -0.3 is 4.90 Å². The Labute approximate surface area is 95.8 Å². The van der Waals surface area contributed by atoms with E-state index in [1.165, 1.54) is 0 Å². The molecule has 0 bridgehead atoms. The van der Waals surface area contributed by atoms with Gasteiger partial charge in [0, 0.05) is 19.2 Å². The molecule has 0 heterocycles. The third kappa shape index (κ3) is 2.96. The molecule has 1 aromatic rings. The van der Waals surface area contributed by atoms with Gasteiger partial charge in [-0.25, -0.2) is 0 Å². The smallest absolute Gasteiger partial charge is 0.152 e. The number of nitrogens with zero attached hydrogens (tertiary/aromatic N) is 1. The van der Waals surface area contributed by atoms with Gasteiger partial charge in [0.2, 0.25) is 0 Å². The predicted octanol–water partition coefficient (Wildman–Crippen LogP) is 3.24. The topological polar surface area (TPSA) is 20.3 Å². The Morgan fingerprint density at radius 2 is 2.13 bits per heavy atom. The second-order valence-electron chi connectivity index (χ2n) is 4.07. The van der Waals surface area contributed by atoms with Gasteiger partial charge in [-0.15, -0.1) is 0 Å². The van der Waals surface area contributed by atoms with Crippen LogP contribution in [0.2, 0.25) is 5.02 Å². The van der Waals surface area contributed by atoms with Crippen LogP contribution in [0.5, 0.6) is 0 Å². The summed E-state index contributed by atoms with van der Waals surface area (Å²) in [6, 6.07) is 5.38. The Kier molecular flexibility index (Phi) is 4.15. The van der Waals surface area contributed by atoms with Crippen LogP contribution in [0.1, 0.15) is 24.2 Å². The van der Waals surface area contributed by atoms with Crippen molar-refractivity contribution in [3.8, 4) is 0 Å². The third-order valence-electron chi connectivity index (χ3n) is 2.17. The molecule has 82 valence electrons. The molecule has 0 amide bonds. The fraction of sp³-hybridized carbons (Fsp3) is 0.417. The summed E-state index contributed by atoms with van der Waals surface area (Å²) in [6.45, 7) is 5.15. The van der Waals surface area contributed by atoms with Crippen molar-refractivity contribution in [2.24, 2.45) is 5.92 Å². The summed E-state index contributed by atoms with van der Waals surface area (Å²) >= 11 is 6.09. The van der Waals surface area contributed by atoms with E-state index in [2.05, 4.69) is 13.8 Å². The van der Waals surface area contributed by atoms with Gasteiger partial charge in [0.25, 0.3) is 0 Å². The van der Waals surface area contributed by atoms with Crippen molar-refractivity contribution in [1.29, 1.82) is 0 Å². The molecule has 0 radical (unpaired) electrons. The van der Waals surface area contributed by atoms with E-state index in [9.17, 15) is 4.79 Å². The van der Waals surface area contributed by atoms with Crippen LogP contribution in [0.15, 0.2) is 18.2 Å². The van der Waals surface area contributed by atoms with Gasteiger partial charge in [-0.05, 0) is 18.1 Å². The Balaban J connectivity index is 3.05. The fourth-order valence-corrected chi connectivity index (χ4v) is 1.99. The first-order chi connectivity index (χ1) is 7.06. The average Bonchev–Trinajstić information content (AvgIpc) is 2.15. The number of hydrogen-bond donors (Lipinski definition) is 0. The molecule has 2 nitrogen and oxygen atoms in total. The van der Waals surface area contributed by atoms with E-state index < -0.39 is 0 Å². The van der Waals surface area contributed by atoms with E-state index in [0.717, 1.165) is 18.5 Å². The highest BCUT2D eigenvalue weighted by atomic mass is 35.5. The number of para-hydroxylation sites is 1. The lowest BCUT2D eigenvalue weighted by molar-refractivity contribution is 0.112. The minimum atomic E-state index is 0.533. The lowest BCUT2D eigenvalue weighted by atomic mass is 10.1. The lowest BCUT2D eigenvalue weighted by Gasteiger charge is -2.23. The van der Waals surface area contributed by atoms with E-state index >= 15 is 0 Å². The molecule has 0 aliphatic heterocycles. The van der Waals surface area contributed by atoms with Crippen LogP contribution in [-0.2, 0) is 0 Å². The Bertz CT molecular complexity index is 349. The molecule has 0 fully saturated rings. The van der Waals surface area contributed by atoms with Crippen LogP contribution in [0.25, 0.3) is 0 Å². The zero-order chi connectivity index (χ0) is 11.4. The van der Waals surface area contributed by atoms with Gasteiger partial charge in [0.15, 0.2) is 6.29 Å². The normalized spacial score (nSPS) is 10.5. The SMILES string of the molecule is CC(C)CN(C)c1c(Cl)cccc1C=O. The molecule has 1 aromatic carbocycles. The summed E-state index contributed by atoms with van der Waals surface area (Å²) in [4.78, 5) is 12.9. The highest BCUT2D eigenvalue weighted by Gasteiger charge is 2.11. The van der Waals surface area contributed by atoms with Crippen LogP contribution < -0.4 is 4.90 Å². The summed E-state index contributed by atoms with van der Waals surface area (Å²) in [5.41, 5.74) is 1.47. The predicted molar refractivity (Wildman–Crippen MR) is 64.9 cm³/mol. The largest absolute Gasteiger partial charge is 0.373 e. The van der Waals surface area contributed by atoms with Crippen molar-refractivity contribution in [2.75, 3.05) is 18.5 Å². The summed E-state index contributed by atoms with van der Waals surface area (Å²) < 4.78 is 0. The highest BCUT2D eigenvalue weighted by molar-refractivity contribution is 6.33. The quantitative estimate of drug-likeness (QED) is 0.734. The maximum Gasteiger partial charge on any atom is 0.152 e. The molecule has 0 atom stereocenters. The van der Waals surface area contributed by atoms with Gasteiger partial charge in [0.05, 0.1) is 10.7 Å². The first-order valence-electron chi connectivity index (χ1n) is 5.01. The number of carbonyl (C=O) groups excluding carboxylic acids is 1. The van der Waals surface area contributed by atoms with Gasteiger partial charge in [-0.3, -0.25) is 4.79 Å². The molecule has 0 saturated heterocycles. The molecule has 15 heavy (non-hydrogen) atoms. The van der Waals surface area contributed by atoms with E-state index in [1.54, 1.807) is 18.2 Å². The molecule has 3 heteroatoms. The number of aldehydes is 1. The minimum Gasteiger partial charge on any atom is -0.373 e. The van der Waals surface area contributed by atoms with Crippen molar-refractivity contribution >= 4 is 23.6 Å². The second kappa shape index (κ2) is 5.17. The van der Waals surface area contributed by atoms with Crippen LogP contribution >= 0.6 is 11.6 Å². The fourth-order valence-electron chi connectivity index (χ4n) is 1.67. The van der Waals surface area contributed by atoms with Crippen molar-refractivity contribution < 1.29 is 4.79 Å². The Morgan fingerprint density at radius 1 is 1.47 bits per heavy atom. The zero-order valence-electron chi connectivity index (χ0n) is 9.33. The number of hydrogen-bond acceptors (Lipinski definition) is 2. The van der Waals surface area contributed by atoms with E-state index in [-0.39, 0.29) is 0 Å². The highest BCUT2D eigenvalue weighted by Crippen LogP contribution is 2.28. The van der Waals surface area contributed by atoms with Crippen LogP contribution in [0.3, 0.4) is 0 Å². The lowest BCUT2D eigenvalue weighted by Crippen LogP contribution is -2.23. The van der Waals surface area contributed by atoms with Crippen molar-refractivity contribution in [1.82, 2.24) is 0 Å². The first kappa shape index (κ1) is 12.1. The molecule has 0 aromatic heterocycles. The molecular weight excluding hydrogens is 210 g/mol. The molecule has 0 unspecified atom stereocenters. The van der Waals surface area contributed by atoms with Gasteiger partial charge in [0.1, 0.15) is 0 Å². The summed E-state index contributed by atoms with van der Waals surface area (Å²) in [7, 11) is 1.95. The van der Waals surface area contributed by atoms with E-state index in [0.29, 0.717) is 16.5 Å². The number of halogens is 1. The molecular formula is C12H16ClNO. The first-order valence-corrected chi connectivity index (χ1v) is 5.39.